The highest BCUT2D eigenvalue weighted by Crippen LogP contribution is 2.33. The molecular weight excluding hydrogens is 471 g/mol. The number of aryl methyl sites for hydroxylation is 2. The van der Waals surface area contributed by atoms with Gasteiger partial charge in [0.1, 0.15) is 16.2 Å². The van der Waals surface area contributed by atoms with E-state index in [1.165, 1.54) is 31.8 Å². The molecule has 0 fully saturated rings. The zero-order valence-electron chi connectivity index (χ0n) is 17.9. The molecule has 172 valence electrons. The number of anilines is 1. The SMILES string of the molecule is Cc1nn(C)c(Cl)c1S(=O)(=O)Nc1nc2ccccc2nc1OC(c1cccnc1)C(C)F. The fraction of sp³-hybridized carbons (Fsp3) is 0.238. The fourth-order valence-electron chi connectivity index (χ4n) is 3.32. The van der Waals surface area contributed by atoms with E-state index in [0.717, 1.165) is 0 Å². The van der Waals surface area contributed by atoms with Gasteiger partial charge in [0.25, 0.3) is 15.9 Å². The molecule has 3 heterocycles. The Bertz CT molecular complexity index is 1410. The molecule has 1 N–H and O–H groups in total. The van der Waals surface area contributed by atoms with Gasteiger partial charge in [0.05, 0.1) is 16.7 Å². The third kappa shape index (κ3) is 4.60. The highest BCUT2D eigenvalue weighted by Gasteiger charge is 2.29. The summed E-state index contributed by atoms with van der Waals surface area (Å²) in [4.78, 5) is 12.6. The Kier molecular flexibility index (Phi) is 6.17. The predicted octanol–water partition coefficient (Wildman–Crippen LogP) is 4.00. The number of hydrogen-bond donors (Lipinski definition) is 1. The summed E-state index contributed by atoms with van der Waals surface area (Å²) in [7, 11) is -2.69. The molecule has 4 aromatic rings. The second-order valence-electron chi connectivity index (χ2n) is 7.30. The van der Waals surface area contributed by atoms with Crippen LogP contribution in [0.25, 0.3) is 11.0 Å². The summed E-state index contributed by atoms with van der Waals surface area (Å²) in [6, 6.07) is 10.2. The number of pyridine rings is 1. The van der Waals surface area contributed by atoms with E-state index in [-0.39, 0.29) is 27.4 Å². The van der Waals surface area contributed by atoms with Crippen LogP contribution in [0.15, 0.2) is 53.7 Å². The number of benzene rings is 1. The van der Waals surface area contributed by atoms with Gasteiger partial charge in [-0.1, -0.05) is 29.8 Å². The molecule has 0 aliphatic carbocycles. The molecule has 4 rings (SSSR count). The van der Waals surface area contributed by atoms with E-state index in [1.807, 2.05) is 0 Å². The smallest absolute Gasteiger partial charge is 0.268 e. The van der Waals surface area contributed by atoms with Gasteiger partial charge >= 0.3 is 0 Å². The van der Waals surface area contributed by atoms with Crippen LogP contribution in [0, 0.1) is 6.92 Å². The normalized spacial score (nSPS) is 13.6. The van der Waals surface area contributed by atoms with Gasteiger partial charge in [-0.05, 0) is 32.0 Å². The minimum Gasteiger partial charge on any atom is -0.464 e. The zero-order chi connectivity index (χ0) is 23.8. The minimum atomic E-state index is -4.22. The van der Waals surface area contributed by atoms with Crippen molar-refractivity contribution in [2.75, 3.05) is 4.72 Å². The number of rotatable bonds is 7. The molecule has 0 spiro atoms. The number of nitrogens with one attached hydrogen (secondary N) is 1. The number of alkyl halides is 1. The van der Waals surface area contributed by atoms with Gasteiger partial charge in [0.15, 0.2) is 6.10 Å². The van der Waals surface area contributed by atoms with Gasteiger partial charge in [-0.3, -0.25) is 14.4 Å². The Hall–Kier alpha value is -3.31. The van der Waals surface area contributed by atoms with Crippen molar-refractivity contribution in [2.45, 2.75) is 31.0 Å². The van der Waals surface area contributed by atoms with Crippen LogP contribution in [0.3, 0.4) is 0 Å². The monoisotopic (exact) mass is 490 g/mol. The minimum absolute atomic E-state index is 0.0677. The number of nitrogens with zero attached hydrogens (tertiary/aromatic N) is 5. The topological polar surface area (TPSA) is 112 Å². The van der Waals surface area contributed by atoms with E-state index < -0.39 is 22.3 Å². The van der Waals surface area contributed by atoms with E-state index in [9.17, 15) is 12.8 Å². The van der Waals surface area contributed by atoms with Crippen LogP contribution in [0.2, 0.25) is 5.15 Å². The van der Waals surface area contributed by atoms with Gasteiger partial charge in [0.2, 0.25) is 5.82 Å². The number of hydrogen-bond acceptors (Lipinski definition) is 7. The highest BCUT2D eigenvalue weighted by atomic mass is 35.5. The predicted molar refractivity (Wildman–Crippen MR) is 121 cm³/mol. The third-order valence-corrected chi connectivity index (χ3v) is 6.84. The quantitative estimate of drug-likeness (QED) is 0.416. The molecule has 0 saturated heterocycles. The summed E-state index contributed by atoms with van der Waals surface area (Å²) in [6.07, 6.45) is 0.472. The molecule has 0 radical (unpaired) electrons. The highest BCUT2D eigenvalue weighted by molar-refractivity contribution is 7.92. The first-order valence-electron chi connectivity index (χ1n) is 9.86. The summed E-state index contributed by atoms with van der Waals surface area (Å²) in [6.45, 7) is 2.85. The van der Waals surface area contributed by atoms with E-state index in [0.29, 0.717) is 16.6 Å². The Balaban J connectivity index is 1.81. The first-order valence-corrected chi connectivity index (χ1v) is 11.7. The maximum atomic E-state index is 14.5. The number of para-hydroxylation sites is 2. The zero-order valence-corrected chi connectivity index (χ0v) is 19.5. The lowest BCUT2D eigenvalue weighted by Gasteiger charge is -2.21. The number of aromatic nitrogens is 5. The molecule has 12 heteroatoms. The number of halogens is 2. The van der Waals surface area contributed by atoms with Crippen LogP contribution in [0.4, 0.5) is 10.2 Å². The average molecular weight is 491 g/mol. The Morgan fingerprint density at radius 3 is 2.42 bits per heavy atom. The van der Waals surface area contributed by atoms with Crippen molar-refractivity contribution in [3.63, 3.8) is 0 Å². The van der Waals surface area contributed by atoms with Crippen LogP contribution < -0.4 is 9.46 Å². The van der Waals surface area contributed by atoms with Gasteiger partial charge in [-0.25, -0.2) is 22.8 Å². The molecule has 0 aliphatic heterocycles. The number of fused-ring (bicyclic) bond motifs is 1. The lowest BCUT2D eigenvalue weighted by atomic mass is 10.1. The van der Waals surface area contributed by atoms with E-state index in [1.54, 1.807) is 42.6 Å². The van der Waals surface area contributed by atoms with Crippen LogP contribution in [0.1, 0.15) is 24.3 Å². The van der Waals surface area contributed by atoms with Crippen molar-refractivity contribution >= 4 is 38.5 Å². The Morgan fingerprint density at radius 1 is 1.15 bits per heavy atom. The molecule has 33 heavy (non-hydrogen) atoms. The summed E-state index contributed by atoms with van der Waals surface area (Å²) in [5.74, 6) is -0.393. The average Bonchev–Trinajstić information content (AvgIpc) is 3.04. The van der Waals surface area contributed by atoms with Crippen LogP contribution in [0.5, 0.6) is 5.88 Å². The van der Waals surface area contributed by atoms with E-state index in [4.69, 9.17) is 16.3 Å². The summed E-state index contributed by atoms with van der Waals surface area (Å²) in [5, 5.41) is 3.98. The molecule has 0 saturated carbocycles. The fourth-order valence-corrected chi connectivity index (χ4v) is 5.07. The van der Waals surface area contributed by atoms with Crippen molar-refractivity contribution in [3.8, 4) is 5.88 Å². The molecule has 0 aliphatic rings. The molecule has 9 nitrogen and oxygen atoms in total. The van der Waals surface area contributed by atoms with Gasteiger partial charge < -0.3 is 4.74 Å². The first kappa shape index (κ1) is 22.9. The molecular formula is C21H20ClFN6O3S. The Morgan fingerprint density at radius 2 is 1.85 bits per heavy atom. The third-order valence-electron chi connectivity index (χ3n) is 4.81. The second-order valence-corrected chi connectivity index (χ2v) is 9.28. The lowest BCUT2D eigenvalue weighted by Crippen LogP contribution is -2.21. The summed E-state index contributed by atoms with van der Waals surface area (Å²) < 4.78 is 50.4. The van der Waals surface area contributed by atoms with Crippen molar-refractivity contribution in [3.05, 3.63) is 65.2 Å². The summed E-state index contributed by atoms with van der Waals surface area (Å²) in [5.41, 5.74) is 1.53. The van der Waals surface area contributed by atoms with E-state index >= 15 is 0 Å². The maximum absolute atomic E-state index is 14.5. The molecule has 0 bridgehead atoms. The van der Waals surface area contributed by atoms with Gasteiger partial charge in [-0.2, -0.15) is 5.10 Å². The van der Waals surface area contributed by atoms with Crippen LogP contribution in [-0.4, -0.2) is 39.3 Å². The van der Waals surface area contributed by atoms with Crippen molar-refractivity contribution in [2.24, 2.45) is 7.05 Å². The molecule has 1 aromatic carbocycles. The number of sulfonamides is 1. The lowest BCUT2D eigenvalue weighted by molar-refractivity contribution is 0.107. The van der Waals surface area contributed by atoms with Crippen molar-refractivity contribution in [1.82, 2.24) is 24.7 Å². The maximum Gasteiger partial charge on any atom is 0.268 e. The molecule has 3 aromatic heterocycles. The van der Waals surface area contributed by atoms with Gasteiger partial charge in [0, 0.05) is 25.0 Å². The molecule has 2 unspecified atom stereocenters. The molecule has 0 amide bonds. The van der Waals surface area contributed by atoms with Crippen molar-refractivity contribution in [1.29, 1.82) is 0 Å². The summed E-state index contributed by atoms with van der Waals surface area (Å²) >= 11 is 6.16. The van der Waals surface area contributed by atoms with Crippen molar-refractivity contribution < 1.29 is 17.5 Å². The van der Waals surface area contributed by atoms with E-state index in [2.05, 4.69) is 24.8 Å². The Labute approximate surface area is 194 Å². The largest absolute Gasteiger partial charge is 0.464 e. The second kappa shape index (κ2) is 8.91. The standard InChI is InChI=1S/C21H20ClFN6O3S/c1-12(23)17(14-7-6-10-24-11-14)32-21-20(25-15-8-4-5-9-16(15)26-21)28-33(30,31)18-13(2)27-29(3)19(18)22/h4-12,17H,1-3H3,(H,25,28). The van der Waals surface area contributed by atoms with Crippen LogP contribution >= 0.6 is 11.6 Å². The van der Waals surface area contributed by atoms with Gasteiger partial charge in [-0.15, -0.1) is 0 Å². The van der Waals surface area contributed by atoms with Crippen LogP contribution in [-0.2, 0) is 17.1 Å². The first-order chi connectivity index (χ1) is 15.7. The molecule has 2 atom stereocenters. The number of ether oxygens (including phenoxy) is 1.